The van der Waals surface area contributed by atoms with Gasteiger partial charge in [-0.15, -0.1) is 22.7 Å². The van der Waals surface area contributed by atoms with E-state index in [2.05, 4.69) is 42.5 Å². The predicted octanol–water partition coefficient (Wildman–Crippen LogP) is 2.87. The maximum absolute atomic E-state index is 11.4. The number of hydrogen-bond donors (Lipinski definition) is 3. The number of nitrogens with two attached hydrogens (primary N) is 3. The van der Waals surface area contributed by atoms with Gasteiger partial charge in [-0.05, 0) is 41.8 Å². The standard InChI is InChI=1S/C20H20N4OS2/c21-19(25)14-7-8-20(22,23)24(11-14)12-16-6-5-15(26-16)10-17-9-13-3-1-2-4-18(13)27-17/h1-9,11H,10,12,22-23H2,(H2,21,25). The van der Waals surface area contributed by atoms with Crippen molar-refractivity contribution in [2.24, 2.45) is 17.2 Å². The molecule has 0 bridgehead atoms. The summed E-state index contributed by atoms with van der Waals surface area (Å²) < 4.78 is 1.31. The highest BCUT2D eigenvalue weighted by Gasteiger charge is 2.27. The van der Waals surface area contributed by atoms with Crippen LogP contribution in [-0.2, 0) is 17.8 Å². The van der Waals surface area contributed by atoms with Gasteiger partial charge in [0.05, 0.1) is 12.1 Å². The molecule has 3 aromatic rings. The van der Waals surface area contributed by atoms with Gasteiger partial charge in [-0.3, -0.25) is 16.3 Å². The lowest BCUT2D eigenvalue weighted by atomic mass is 10.1. The molecule has 1 aliphatic heterocycles. The summed E-state index contributed by atoms with van der Waals surface area (Å²) in [5.74, 6) is -1.64. The Morgan fingerprint density at radius 1 is 1.04 bits per heavy atom. The first-order valence-corrected chi connectivity index (χ1v) is 10.1. The molecule has 0 spiro atoms. The van der Waals surface area contributed by atoms with Crippen molar-refractivity contribution in [1.29, 1.82) is 0 Å². The minimum Gasteiger partial charge on any atom is -0.366 e. The molecule has 1 aromatic carbocycles. The average Bonchev–Trinajstić information content (AvgIpc) is 3.22. The second-order valence-corrected chi connectivity index (χ2v) is 9.01. The summed E-state index contributed by atoms with van der Waals surface area (Å²) in [6.07, 6.45) is 5.70. The average molecular weight is 397 g/mol. The van der Waals surface area contributed by atoms with Gasteiger partial charge < -0.3 is 10.6 Å². The molecule has 3 heterocycles. The van der Waals surface area contributed by atoms with Crippen molar-refractivity contribution in [3.05, 3.63) is 81.0 Å². The highest BCUT2D eigenvalue weighted by Crippen LogP contribution is 2.30. The third kappa shape index (κ3) is 3.81. The third-order valence-electron chi connectivity index (χ3n) is 4.48. The Balaban J connectivity index is 1.50. The Morgan fingerprint density at radius 2 is 1.81 bits per heavy atom. The quantitative estimate of drug-likeness (QED) is 0.578. The summed E-state index contributed by atoms with van der Waals surface area (Å²) in [6, 6.07) is 14.9. The lowest BCUT2D eigenvalue weighted by molar-refractivity contribution is -0.114. The fourth-order valence-electron chi connectivity index (χ4n) is 3.04. The van der Waals surface area contributed by atoms with Gasteiger partial charge in [-0.25, -0.2) is 0 Å². The first kappa shape index (κ1) is 17.9. The van der Waals surface area contributed by atoms with Crippen LogP contribution in [-0.4, -0.2) is 16.6 Å². The van der Waals surface area contributed by atoms with Crippen LogP contribution in [0.2, 0.25) is 0 Å². The van der Waals surface area contributed by atoms with Crippen LogP contribution < -0.4 is 17.2 Å². The number of rotatable bonds is 5. The van der Waals surface area contributed by atoms with Gasteiger partial charge in [-0.2, -0.15) is 0 Å². The fourth-order valence-corrected chi connectivity index (χ4v) is 5.26. The molecule has 1 amide bonds. The van der Waals surface area contributed by atoms with E-state index in [1.54, 1.807) is 34.6 Å². The molecule has 4 rings (SSSR count). The molecule has 1 aliphatic rings. The van der Waals surface area contributed by atoms with Gasteiger partial charge in [0, 0.05) is 32.0 Å². The number of carbonyl (C=O) groups excluding carboxylic acids is 1. The molecule has 138 valence electrons. The van der Waals surface area contributed by atoms with Crippen LogP contribution in [0.25, 0.3) is 10.1 Å². The van der Waals surface area contributed by atoms with Crippen LogP contribution in [0.1, 0.15) is 14.6 Å². The lowest BCUT2D eigenvalue weighted by Crippen LogP contribution is -2.60. The lowest BCUT2D eigenvalue weighted by Gasteiger charge is -2.37. The number of benzene rings is 1. The second-order valence-electron chi connectivity index (χ2n) is 6.59. The summed E-state index contributed by atoms with van der Waals surface area (Å²) in [6.45, 7) is 0.519. The summed E-state index contributed by atoms with van der Waals surface area (Å²) in [5, 5.41) is 1.29. The van der Waals surface area contributed by atoms with Crippen molar-refractivity contribution in [3.8, 4) is 0 Å². The van der Waals surface area contributed by atoms with E-state index >= 15 is 0 Å². The van der Waals surface area contributed by atoms with Crippen LogP contribution >= 0.6 is 22.7 Å². The van der Waals surface area contributed by atoms with E-state index in [0.29, 0.717) is 12.1 Å². The van der Waals surface area contributed by atoms with E-state index in [-0.39, 0.29) is 0 Å². The maximum Gasteiger partial charge on any atom is 0.250 e. The number of fused-ring (bicyclic) bond motifs is 1. The number of amides is 1. The van der Waals surface area contributed by atoms with Crippen molar-refractivity contribution in [2.75, 3.05) is 0 Å². The topological polar surface area (TPSA) is 98.4 Å². The van der Waals surface area contributed by atoms with Crippen molar-refractivity contribution in [3.63, 3.8) is 0 Å². The zero-order valence-electron chi connectivity index (χ0n) is 14.6. The van der Waals surface area contributed by atoms with Crippen LogP contribution in [0.15, 0.2) is 66.4 Å². The molecule has 7 heteroatoms. The van der Waals surface area contributed by atoms with E-state index < -0.39 is 11.7 Å². The predicted molar refractivity (Wildman–Crippen MR) is 112 cm³/mol. The first-order valence-electron chi connectivity index (χ1n) is 8.51. The van der Waals surface area contributed by atoms with Gasteiger partial charge >= 0.3 is 0 Å². The SMILES string of the molecule is NC(=O)C1=CN(Cc2ccc(Cc3cc4ccccc4s3)s2)C(N)(N)C=C1. The Hall–Kier alpha value is -2.45. The molecule has 5 nitrogen and oxygen atoms in total. The molecule has 0 radical (unpaired) electrons. The van der Waals surface area contributed by atoms with Crippen LogP contribution in [0.4, 0.5) is 0 Å². The normalized spacial score (nSPS) is 15.9. The van der Waals surface area contributed by atoms with Crippen molar-refractivity contribution in [1.82, 2.24) is 4.90 Å². The van der Waals surface area contributed by atoms with Crippen molar-refractivity contribution in [2.45, 2.75) is 18.8 Å². The fraction of sp³-hybridized carbons (Fsp3) is 0.150. The van der Waals surface area contributed by atoms with E-state index in [1.807, 2.05) is 11.3 Å². The van der Waals surface area contributed by atoms with Gasteiger partial charge in [0.25, 0.3) is 0 Å². The second kappa shape index (κ2) is 6.94. The van der Waals surface area contributed by atoms with Gasteiger partial charge in [0.2, 0.25) is 5.91 Å². The number of primary amides is 1. The molecule has 0 saturated carbocycles. The minimum atomic E-state index is -1.14. The van der Waals surface area contributed by atoms with Gasteiger partial charge in [-0.1, -0.05) is 18.2 Å². The zero-order valence-corrected chi connectivity index (χ0v) is 16.2. The summed E-state index contributed by atoms with van der Waals surface area (Å²) in [4.78, 5) is 16.9. The monoisotopic (exact) mass is 396 g/mol. The number of nitrogens with zero attached hydrogens (tertiary/aromatic N) is 1. The minimum absolute atomic E-state index is 0.392. The smallest absolute Gasteiger partial charge is 0.250 e. The largest absolute Gasteiger partial charge is 0.366 e. The van der Waals surface area contributed by atoms with Crippen molar-refractivity contribution >= 4 is 38.7 Å². The molecule has 2 aromatic heterocycles. The van der Waals surface area contributed by atoms with Crippen molar-refractivity contribution < 1.29 is 4.79 Å². The van der Waals surface area contributed by atoms with E-state index in [9.17, 15) is 4.79 Å². The van der Waals surface area contributed by atoms with E-state index in [4.69, 9.17) is 17.2 Å². The van der Waals surface area contributed by atoms with Crippen LogP contribution in [0.3, 0.4) is 0 Å². The van der Waals surface area contributed by atoms with Gasteiger partial charge in [0.1, 0.15) is 0 Å². The molecule has 0 saturated heterocycles. The summed E-state index contributed by atoms with van der Waals surface area (Å²) in [5.41, 5.74) is 18.0. The highest BCUT2D eigenvalue weighted by atomic mass is 32.1. The first-order chi connectivity index (χ1) is 12.9. The maximum atomic E-state index is 11.4. The molecule has 0 aliphatic carbocycles. The summed E-state index contributed by atoms with van der Waals surface area (Å²) in [7, 11) is 0. The molecule has 0 fully saturated rings. The molecular formula is C20H20N4OS2. The summed E-state index contributed by atoms with van der Waals surface area (Å²) >= 11 is 3.55. The number of hydrogen-bond acceptors (Lipinski definition) is 6. The van der Waals surface area contributed by atoms with E-state index in [0.717, 1.165) is 11.3 Å². The molecule has 27 heavy (non-hydrogen) atoms. The molecule has 0 unspecified atom stereocenters. The Morgan fingerprint density at radius 3 is 2.59 bits per heavy atom. The van der Waals surface area contributed by atoms with Crippen LogP contribution in [0, 0.1) is 0 Å². The molecule has 6 N–H and O–H groups in total. The zero-order chi connectivity index (χ0) is 19.0. The number of carbonyl (C=O) groups is 1. The van der Waals surface area contributed by atoms with Gasteiger partial charge in [0.15, 0.2) is 5.79 Å². The number of thiophene rings is 2. The highest BCUT2D eigenvalue weighted by molar-refractivity contribution is 7.19. The molecule has 0 atom stereocenters. The van der Waals surface area contributed by atoms with Crippen LogP contribution in [0.5, 0.6) is 0 Å². The Labute approximate surface area is 165 Å². The van der Waals surface area contributed by atoms with E-state index in [1.165, 1.54) is 19.8 Å². The Kier molecular flexibility index (Phi) is 4.61. The molecular weight excluding hydrogens is 376 g/mol. The Bertz CT molecular complexity index is 1030. The third-order valence-corrected chi connectivity index (χ3v) is 6.66.